The molecule has 0 radical (unpaired) electrons. The van der Waals surface area contributed by atoms with Gasteiger partial charge in [-0.15, -0.1) is 11.3 Å². The van der Waals surface area contributed by atoms with Gasteiger partial charge in [-0.2, -0.15) is 0 Å². The lowest BCUT2D eigenvalue weighted by Gasteiger charge is -2.30. The summed E-state index contributed by atoms with van der Waals surface area (Å²) in [7, 11) is 0. The third-order valence-electron chi connectivity index (χ3n) is 4.22. The van der Waals surface area contributed by atoms with E-state index < -0.39 is 6.10 Å². The molecule has 6 heteroatoms. The number of carbonyl (C=O) groups excluding carboxylic acids is 1. The fraction of sp³-hybridized carbons (Fsp3) is 0.444. The van der Waals surface area contributed by atoms with E-state index in [1.807, 2.05) is 12.3 Å². The van der Waals surface area contributed by atoms with Crippen LogP contribution >= 0.6 is 11.3 Å². The molecule has 1 aromatic heterocycles. The Morgan fingerprint density at radius 3 is 2.96 bits per heavy atom. The Balaban J connectivity index is 1.41. The average Bonchev–Trinajstić information content (AvgIpc) is 2.98. The summed E-state index contributed by atoms with van der Waals surface area (Å²) in [6.45, 7) is 4.58. The summed E-state index contributed by atoms with van der Waals surface area (Å²) in [6, 6.07) is 8.44. The highest BCUT2D eigenvalue weighted by Gasteiger charge is 2.18. The van der Waals surface area contributed by atoms with E-state index in [0.717, 1.165) is 30.2 Å². The average molecular weight is 345 g/mol. The number of thiazole rings is 1. The molecule has 1 unspecified atom stereocenters. The van der Waals surface area contributed by atoms with Crippen molar-refractivity contribution in [1.29, 1.82) is 0 Å². The molecule has 0 spiro atoms. The van der Waals surface area contributed by atoms with Gasteiger partial charge in [0, 0.05) is 31.6 Å². The smallest absolute Gasteiger partial charge is 0.226 e. The maximum Gasteiger partial charge on any atom is 0.226 e. The van der Waals surface area contributed by atoms with Crippen LogP contribution in [0.1, 0.15) is 21.8 Å². The largest absolute Gasteiger partial charge is 0.390 e. The van der Waals surface area contributed by atoms with Crippen molar-refractivity contribution in [2.75, 3.05) is 19.6 Å². The van der Waals surface area contributed by atoms with Crippen molar-refractivity contribution in [2.45, 2.75) is 32.4 Å². The number of aliphatic hydroxyl groups is 1. The minimum atomic E-state index is -0.559. The van der Waals surface area contributed by atoms with Crippen LogP contribution in [0.4, 0.5) is 0 Å². The van der Waals surface area contributed by atoms with E-state index in [0.29, 0.717) is 6.54 Å². The van der Waals surface area contributed by atoms with Crippen LogP contribution in [-0.2, 0) is 24.2 Å². The molecule has 24 heavy (non-hydrogen) atoms. The minimum absolute atomic E-state index is 0.0941. The van der Waals surface area contributed by atoms with Gasteiger partial charge in [0.25, 0.3) is 0 Å². The summed E-state index contributed by atoms with van der Waals surface area (Å²) in [5.41, 5.74) is 3.52. The first-order chi connectivity index (χ1) is 11.6. The quantitative estimate of drug-likeness (QED) is 0.833. The van der Waals surface area contributed by atoms with E-state index in [9.17, 15) is 9.90 Å². The molecular formula is C18H23N3O2S. The number of fused-ring (bicyclic) bond motifs is 1. The van der Waals surface area contributed by atoms with Crippen LogP contribution in [-0.4, -0.2) is 46.6 Å². The molecule has 2 N–H and O–H groups in total. The van der Waals surface area contributed by atoms with Crippen molar-refractivity contribution < 1.29 is 9.90 Å². The van der Waals surface area contributed by atoms with Gasteiger partial charge in [0.2, 0.25) is 5.91 Å². The van der Waals surface area contributed by atoms with E-state index >= 15 is 0 Å². The van der Waals surface area contributed by atoms with E-state index in [-0.39, 0.29) is 18.9 Å². The van der Waals surface area contributed by atoms with Gasteiger partial charge in [-0.1, -0.05) is 24.3 Å². The van der Waals surface area contributed by atoms with Gasteiger partial charge < -0.3 is 10.4 Å². The van der Waals surface area contributed by atoms with Crippen LogP contribution in [0.25, 0.3) is 0 Å². The van der Waals surface area contributed by atoms with Crippen LogP contribution in [0.15, 0.2) is 29.6 Å². The SMILES string of the molecule is Cc1nc(CC(=O)NCC(O)CN2CCc3ccccc3C2)cs1. The summed E-state index contributed by atoms with van der Waals surface area (Å²) in [6.07, 6.45) is 0.725. The van der Waals surface area contributed by atoms with Gasteiger partial charge in [0.15, 0.2) is 0 Å². The number of carbonyl (C=O) groups is 1. The third-order valence-corrected chi connectivity index (χ3v) is 5.04. The van der Waals surface area contributed by atoms with Gasteiger partial charge in [-0.25, -0.2) is 4.98 Å². The summed E-state index contributed by atoms with van der Waals surface area (Å²) < 4.78 is 0. The Morgan fingerprint density at radius 1 is 1.42 bits per heavy atom. The normalized spacial score (nSPS) is 15.8. The maximum atomic E-state index is 11.9. The molecule has 128 valence electrons. The molecule has 2 aromatic rings. The van der Waals surface area contributed by atoms with Gasteiger partial charge in [-0.3, -0.25) is 9.69 Å². The second-order valence-electron chi connectivity index (χ2n) is 6.25. The Kier molecular flexibility index (Phi) is 5.60. The van der Waals surface area contributed by atoms with Crippen LogP contribution in [0.5, 0.6) is 0 Å². The summed E-state index contributed by atoms with van der Waals surface area (Å²) in [5.74, 6) is -0.0941. The van der Waals surface area contributed by atoms with E-state index in [1.165, 1.54) is 11.1 Å². The number of aromatic nitrogens is 1. The molecule has 1 aliphatic heterocycles. The lowest BCUT2D eigenvalue weighted by molar-refractivity contribution is -0.121. The monoisotopic (exact) mass is 345 g/mol. The first-order valence-corrected chi connectivity index (χ1v) is 9.13. The molecule has 1 aromatic carbocycles. The van der Waals surface area contributed by atoms with Crippen LogP contribution < -0.4 is 5.32 Å². The van der Waals surface area contributed by atoms with Crippen molar-refractivity contribution in [2.24, 2.45) is 0 Å². The number of hydrogen-bond acceptors (Lipinski definition) is 5. The fourth-order valence-corrected chi connectivity index (χ4v) is 3.63. The Bertz CT molecular complexity index is 701. The zero-order valence-electron chi connectivity index (χ0n) is 13.9. The first-order valence-electron chi connectivity index (χ1n) is 8.25. The van der Waals surface area contributed by atoms with Crippen LogP contribution in [0.2, 0.25) is 0 Å². The van der Waals surface area contributed by atoms with Gasteiger partial charge >= 0.3 is 0 Å². The third kappa shape index (κ3) is 4.63. The van der Waals surface area contributed by atoms with Crippen molar-refractivity contribution in [3.63, 3.8) is 0 Å². The van der Waals surface area contributed by atoms with Gasteiger partial charge in [0.05, 0.1) is 23.2 Å². The zero-order chi connectivity index (χ0) is 16.9. The molecular weight excluding hydrogens is 322 g/mol. The Morgan fingerprint density at radius 2 is 2.21 bits per heavy atom. The van der Waals surface area contributed by atoms with E-state index in [1.54, 1.807) is 11.3 Å². The Hall–Kier alpha value is -1.76. The highest BCUT2D eigenvalue weighted by molar-refractivity contribution is 7.09. The Labute approximate surface area is 146 Å². The number of benzene rings is 1. The van der Waals surface area contributed by atoms with E-state index in [4.69, 9.17) is 0 Å². The molecule has 5 nitrogen and oxygen atoms in total. The van der Waals surface area contributed by atoms with Crippen LogP contribution in [0.3, 0.4) is 0 Å². The highest BCUT2D eigenvalue weighted by Crippen LogP contribution is 2.18. The number of hydrogen-bond donors (Lipinski definition) is 2. The molecule has 1 aliphatic rings. The number of rotatable bonds is 6. The molecule has 0 aliphatic carbocycles. The highest BCUT2D eigenvalue weighted by atomic mass is 32.1. The van der Waals surface area contributed by atoms with Gasteiger partial charge in [-0.05, 0) is 24.5 Å². The second-order valence-corrected chi connectivity index (χ2v) is 7.31. The second kappa shape index (κ2) is 7.88. The number of amides is 1. The van der Waals surface area contributed by atoms with Crippen molar-refractivity contribution >= 4 is 17.2 Å². The number of aliphatic hydroxyl groups excluding tert-OH is 1. The number of aryl methyl sites for hydroxylation is 1. The zero-order valence-corrected chi connectivity index (χ0v) is 14.7. The predicted octanol–water partition coefficient (Wildman–Crippen LogP) is 1.53. The first kappa shape index (κ1) is 17.1. The summed E-state index contributed by atoms with van der Waals surface area (Å²) >= 11 is 1.54. The summed E-state index contributed by atoms with van der Waals surface area (Å²) in [4.78, 5) is 18.4. The van der Waals surface area contributed by atoms with Crippen molar-refractivity contribution in [3.8, 4) is 0 Å². The van der Waals surface area contributed by atoms with E-state index in [2.05, 4.69) is 39.5 Å². The molecule has 0 fully saturated rings. The number of β-amino-alcohol motifs (C(OH)–C–C–N with tert-alkyl or cyclic N) is 1. The molecule has 0 saturated heterocycles. The van der Waals surface area contributed by atoms with Crippen molar-refractivity contribution in [3.05, 3.63) is 51.5 Å². The summed E-state index contributed by atoms with van der Waals surface area (Å²) in [5, 5.41) is 15.9. The molecule has 0 bridgehead atoms. The molecule has 2 heterocycles. The standard InChI is InChI=1S/C18H23N3O2S/c1-13-20-16(12-24-13)8-18(23)19-9-17(22)11-21-7-6-14-4-2-3-5-15(14)10-21/h2-5,12,17,22H,6-11H2,1H3,(H,19,23). The van der Waals surface area contributed by atoms with Crippen LogP contribution in [0, 0.1) is 6.92 Å². The number of nitrogens with zero attached hydrogens (tertiary/aromatic N) is 2. The lowest BCUT2D eigenvalue weighted by Crippen LogP contribution is -2.42. The van der Waals surface area contributed by atoms with Crippen molar-refractivity contribution in [1.82, 2.24) is 15.2 Å². The topological polar surface area (TPSA) is 65.5 Å². The molecule has 1 amide bonds. The minimum Gasteiger partial charge on any atom is -0.390 e. The predicted molar refractivity (Wildman–Crippen MR) is 95.0 cm³/mol. The van der Waals surface area contributed by atoms with Gasteiger partial charge in [0.1, 0.15) is 0 Å². The molecule has 1 atom stereocenters. The molecule has 0 saturated carbocycles. The fourth-order valence-electron chi connectivity index (χ4n) is 3.02. The number of nitrogens with one attached hydrogen (secondary N) is 1. The lowest BCUT2D eigenvalue weighted by atomic mass is 10.00. The maximum absolute atomic E-state index is 11.9. The molecule has 3 rings (SSSR count).